The van der Waals surface area contributed by atoms with Crippen LogP contribution in [0.3, 0.4) is 0 Å². The summed E-state index contributed by atoms with van der Waals surface area (Å²) in [5.74, 6) is 1.27. The van der Waals surface area contributed by atoms with Crippen LogP contribution in [0.5, 0.6) is 5.75 Å². The van der Waals surface area contributed by atoms with Crippen molar-refractivity contribution in [2.24, 2.45) is 11.7 Å². The van der Waals surface area contributed by atoms with E-state index in [4.69, 9.17) is 10.5 Å². The van der Waals surface area contributed by atoms with Gasteiger partial charge in [-0.1, -0.05) is 18.6 Å². The molecule has 0 spiro atoms. The molecule has 1 unspecified atom stereocenters. The molecule has 0 saturated heterocycles. The Balaban J connectivity index is 1.92. The topological polar surface area (TPSA) is 67.6 Å². The van der Waals surface area contributed by atoms with Crippen molar-refractivity contribution in [2.45, 2.75) is 37.8 Å². The van der Waals surface area contributed by atoms with Gasteiger partial charge in [-0.05, 0) is 50.6 Å². The van der Waals surface area contributed by atoms with E-state index in [1.807, 2.05) is 32.3 Å². The first-order valence-corrected chi connectivity index (χ1v) is 8.34. The summed E-state index contributed by atoms with van der Waals surface area (Å²) in [7, 11) is 5.70. The highest BCUT2D eigenvalue weighted by atomic mass is 16.5. The summed E-state index contributed by atoms with van der Waals surface area (Å²) in [5, 5.41) is 3.07. The average molecular weight is 319 g/mol. The zero-order valence-corrected chi connectivity index (χ0v) is 14.4. The third-order valence-corrected chi connectivity index (χ3v) is 4.76. The van der Waals surface area contributed by atoms with E-state index in [0.717, 1.165) is 30.6 Å². The molecule has 0 heterocycles. The monoisotopic (exact) mass is 319 g/mol. The van der Waals surface area contributed by atoms with Crippen molar-refractivity contribution >= 4 is 5.91 Å². The molecular formula is C18H29N3O2. The Morgan fingerprint density at radius 3 is 2.83 bits per heavy atom. The van der Waals surface area contributed by atoms with Gasteiger partial charge in [0.1, 0.15) is 5.75 Å². The zero-order chi connectivity index (χ0) is 16.8. The predicted molar refractivity (Wildman–Crippen MR) is 92.4 cm³/mol. The second-order valence-electron chi connectivity index (χ2n) is 6.62. The molecular weight excluding hydrogens is 290 g/mol. The molecule has 0 aromatic heterocycles. The minimum Gasteiger partial charge on any atom is -0.497 e. The second kappa shape index (κ2) is 8.31. The van der Waals surface area contributed by atoms with Gasteiger partial charge in [-0.3, -0.25) is 4.79 Å². The lowest BCUT2D eigenvalue weighted by Crippen LogP contribution is -2.36. The molecule has 1 amide bonds. The largest absolute Gasteiger partial charge is 0.497 e. The predicted octanol–water partition coefficient (Wildman–Crippen LogP) is 1.93. The Morgan fingerprint density at radius 2 is 2.22 bits per heavy atom. The van der Waals surface area contributed by atoms with Crippen LogP contribution in [0.25, 0.3) is 0 Å². The number of nitrogens with one attached hydrogen (secondary N) is 1. The maximum atomic E-state index is 12.2. The molecule has 1 fully saturated rings. The first kappa shape index (κ1) is 17.8. The summed E-state index contributed by atoms with van der Waals surface area (Å²) in [6.45, 7) is 0.584. The minimum atomic E-state index is 0.0992. The fourth-order valence-electron chi connectivity index (χ4n) is 3.29. The van der Waals surface area contributed by atoms with Crippen LogP contribution in [-0.2, 0) is 4.79 Å². The highest BCUT2D eigenvalue weighted by Crippen LogP contribution is 2.27. The van der Waals surface area contributed by atoms with E-state index in [0.29, 0.717) is 18.9 Å². The van der Waals surface area contributed by atoms with Crippen LogP contribution < -0.4 is 15.8 Å². The fourth-order valence-corrected chi connectivity index (χ4v) is 3.29. The molecule has 0 radical (unpaired) electrons. The molecule has 3 atom stereocenters. The van der Waals surface area contributed by atoms with E-state index in [1.165, 1.54) is 0 Å². The van der Waals surface area contributed by atoms with E-state index in [9.17, 15) is 4.79 Å². The lowest BCUT2D eigenvalue weighted by molar-refractivity contribution is -0.122. The van der Waals surface area contributed by atoms with E-state index < -0.39 is 0 Å². The summed E-state index contributed by atoms with van der Waals surface area (Å²) >= 11 is 0. The Morgan fingerprint density at radius 1 is 1.43 bits per heavy atom. The molecule has 2 rings (SSSR count). The molecule has 1 aromatic rings. The number of hydrogen-bond donors (Lipinski definition) is 2. The standard InChI is InChI=1S/C18H29N3O2/c1-21(2)17(14-7-4-8-15(10-14)23-3)12-20-18(22)11-13-6-5-9-16(13)19/h4,7-8,10,13,16-17H,5-6,9,11-12,19H2,1-3H3,(H,20,22)/t13-,16+,17?/m0/s1. The van der Waals surface area contributed by atoms with Gasteiger partial charge in [0.15, 0.2) is 0 Å². The highest BCUT2D eigenvalue weighted by Gasteiger charge is 2.26. The minimum absolute atomic E-state index is 0.0992. The molecule has 0 bridgehead atoms. The van der Waals surface area contributed by atoms with Crippen molar-refractivity contribution in [2.75, 3.05) is 27.7 Å². The number of nitrogens with two attached hydrogens (primary N) is 1. The quantitative estimate of drug-likeness (QED) is 0.806. The van der Waals surface area contributed by atoms with Gasteiger partial charge >= 0.3 is 0 Å². The number of carbonyl (C=O) groups excluding carboxylic acids is 1. The number of likely N-dealkylation sites (N-methyl/N-ethyl adjacent to an activating group) is 1. The molecule has 23 heavy (non-hydrogen) atoms. The molecule has 128 valence electrons. The molecule has 5 nitrogen and oxygen atoms in total. The number of amides is 1. The van der Waals surface area contributed by atoms with Crippen LogP contribution in [0.1, 0.15) is 37.3 Å². The number of nitrogens with zero attached hydrogens (tertiary/aromatic N) is 1. The van der Waals surface area contributed by atoms with Gasteiger partial charge in [-0.15, -0.1) is 0 Å². The smallest absolute Gasteiger partial charge is 0.220 e. The van der Waals surface area contributed by atoms with Crippen molar-refractivity contribution in [3.05, 3.63) is 29.8 Å². The van der Waals surface area contributed by atoms with Crippen molar-refractivity contribution in [3.63, 3.8) is 0 Å². The Kier molecular flexibility index (Phi) is 6.42. The number of ether oxygens (including phenoxy) is 1. The van der Waals surface area contributed by atoms with Crippen LogP contribution in [0.2, 0.25) is 0 Å². The van der Waals surface area contributed by atoms with Gasteiger partial charge in [0.05, 0.1) is 13.2 Å². The molecule has 1 aromatic carbocycles. The van der Waals surface area contributed by atoms with Crippen LogP contribution >= 0.6 is 0 Å². The van der Waals surface area contributed by atoms with E-state index in [2.05, 4.69) is 16.3 Å². The first-order chi connectivity index (χ1) is 11.0. The summed E-state index contributed by atoms with van der Waals surface area (Å²) < 4.78 is 5.29. The Labute approximate surface area is 139 Å². The molecule has 3 N–H and O–H groups in total. The summed E-state index contributed by atoms with van der Waals surface area (Å²) in [5.41, 5.74) is 7.18. The van der Waals surface area contributed by atoms with Crippen molar-refractivity contribution < 1.29 is 9.53 Å². The maximum Gasteiger partial charge on any atom is 0.220 e. The fraction of sp³-hybridized carbons (Fsp3) is 0.611. The van der Waals surface area contributed by atoms with Gasteiger partial charge in [0.25, 0.3) is 0 Å². The van der Waals surface area contributed by atoms with Crippen LogP contribution in [0, 0.1) is 5.92 Å². The van der Waals surface area contributed by atoms with Gasteiger partial charge in [-0.2, -0.15) is 0 Å². The summed E-state index contributed by atoms with van der Waals surface area (Å²) in [6.07, 6.45) is 3.80. The molecule has 1 aliphatic carbocycles. The second-order valence-corrected chi connectivity index (χ2v) is 6.62. The van der Waals surface area contributed by atoms with Crippen molar-refractivity contribution in [1.29, 1.82) is 0 Å². The lowest BCUT2D eigenvalue weighted by Gasteiger charge is -2.26. The van der Waals surface area contributed by atoms with Crippen molar-refractivity contribution in [3.8, 4) is 5.75 Å². The van der Waals surface area contributed by atoms with Crippen LogP contribution in [0.15, 0.2) is 24.3 Å². The normalized spacial score (nSPS) is 22.1. The van der Waals surface area contributed by atoms with E-state index in [1.54, 1.807) is 7.11 Å². The highest BCUT2D eigenvalue weighted by molar-refractivity contribution is 5.76. The number of hydrogen-bond acceptors (Lipinski definition) is 4. The van der Waals surface area contributed by atoms with E-state index in [-0.39, 0.29) is 18.0 Å². The maximum absolute atomic E-state index is 12.2. The van der Waals surface area contributed by atoms with Gasteiger partial charge in [0.2, 0.25) is 5.91 Å². The lowest BCUT2D eigenvalue weighted by atomic mass is 9.99. The Hall–Kier alpha value is -1.59. The molecule has 5 heteroatoms. The third kappa shape index (κ3) is 4.94. The first-order valence-electron chi connectivity index (χ1n) is 8.34. The SMILES string of the molecule is COc1cccc(C(CNC(=O)C[C@@H]2CCC[C@H]2N)N(C)C)c1. The molecule has 0 aliphatic heterocycles. The van der Waals surface area contributed by atoms with Gasteiger partial charge < -0.3 is 20.7 Å². The number of benzene rings is 1. The van der Waals surface area contributed by atoms with Crippen molar-refractivity contribution in [1.82, 2.24) is 10.2 Å². The number of rotatable bonds is 7. The number of carbonyl (C=O) groups is 1. The number of methoxy groups -OCH3 is 1. The Bertz CT molecular complexity index is 519. The molecule has 1 aliphatic rings. The molecule has 1 saturated carbocycles. The average Bonchev–Trinajstić information content (AvgIpc) is 2.92. The summed E-state index contributed by atoms with van der Waals surface area (Å²) in [6, 6.07) is 8.28. The third-order valence-electron chi connectivity index (χ3n) is 4.76. The van der Waals surface area contributed by atoms with E-state index >= 15 is 0 Å². The zero-order valence-electron chi connectivity index (χ0n) is 14.4. The van der Waals surface area contributed by atoms with Crippen LogP contribution in [0.4, 0.5) is 0 Å². The van der Waals surface area contributed by atoms with Gasteiger partial charge in [0, 0.05) is 19.0 Å². The van der Waals surface area contributed by atoms with Crippen LogP contribution in [-0.4, -0.2) is 44.6 Å². The summed E-state index contributed by atoms with van der Waals surface area (Å²) in [4.78, 5) is 14.3. The van der Waals surface area contributed by atoms with Gasteiger partial charge in [-0.25, -0.2) is 0 Å².